The van der Waals surface area contributed by atoms with Crippen LogP contribution in [-0.2, 0) is 48.0 Å². The number of hydrogen-bond donors (Lipinski definition) is 3. The highest BCUT2D eigenvalue weighted by Crippen LogP contribution is 2.37. The van der Waals surface area contributed by atoms with E-state index in [2.05, 4.69) is 38.0 Å². The van der Waals surface area contributed by atoms with Crippen molar-refractivity contribution in [3.05, 3.63) is 93.9 Å². The van der Waals surface area contributed by atoms with E-state index in [0.29, 0.717) is 49.7 Å². The van der Waals surface area contributed by atoms with Crippen LogP contribution >= 0.6 is 11.3 Å². The Balaban J connectivity index is 0.912. The van der Waals surface area contributed by atoms with E-state index in [1.165, 1.54) is 23.0 Å². The second kappa shape index (κ2) is 22.5. The molecule has 1 fully saturated rings. The fourth-order valence-corrected chi connectivity index (χ4v) is 9.29. The highest BCUT2D eigenvalue weighted by Gasteiger charge is 2.43. The molecule has 1 aliphatic carbocycles. The number of hydrogen-bond acceptors (Lipinski definition) is 12. The van der Waals surface area contributed by atoms with Crippen LogP contribution in [-0.4, -0.2) is 119 Å². The lowest BCUT2D eigenvalue weighted by molar-refractivity contribution is -0.147. The van der Waals surface area contributed by atoms with Gasteiger partial charge in [0, 0.05) is 37.0 Å². The third-order valence-electron chi connectivity index (χ3n) is 12.2. The number of nitrogens with one attached hydrogen (secondary N) is 3. The van der Waals surface area contributed by atoms with Crippen molar-refractivity contribution in [2.75, 3.05) is 77.9 Å². The molecular formula is C49H62F2N6O8S. The first-order chi connectivity index (χ1) is 31.8. The third-order valence-corrected chi connectivity index (χ3v) is 13.1. The standard InChI is InChI=1S/C49H62F2N6O8S/c1-31(52-5)45(58)55-44(49(2,3)4)47(60)57-29-34-27-35(14-13-33(34)28-41(57)46(59)53-39-12-8-10-32-9-6-7-11-36(32)39)64-25-23-62-21-22-63-24-26-65-43-37(15-16-38(50)42(43)51)40-30-66-48(54-40)56-17-19-61-20-18-56/h6-7,9,11,13-16,27,30-31,39,41,44,52H,8,10,12,17-26,28-29H2,1-5H3,(H,53,59)(H,55,58)/t31-,39+,41-,44?/m0/s1. The zero-order chi connectivity index (χ0) is 46.8. The summed E-state index contributed by atoms with van der Waals surface area (Å²) in [5.74, 6) is -2.58. The molecule has 3 aromatic carbocycles. The number of thiazole rings is 1. The largest absolute Gasteiger partial charge is 0.491 e. The van der Waals surface area contributed by atoms with Gasteiger partial charge in [0.05, 0.1) is 57.4 Å². The van der Waals surface area contributed by atoms with Crippen LogP contribution in [0.25, 0.3) is 11.3 Å². The molecule has 66 heavy (non-hydrogen) atoms. The highest BCUT2D eigenvalue weighted by molar-refractivity contribution is 7.14. The average molecular weight is 933 g/mol. The molecule has 0 radical (unpaired) electrons. The molecule has 356 valence electrons. The van der Waals surface area contributed by atoms with Crippen molar-refractivity contribution in [1.29, 1.82) is 0 Å². The number of likely N-dealkylation sites (N-methyl/N-ethyl adjacent to an activating group) is 1. The second-order valence-electron chi connectivity index (χ2n) is 17.9. The van der Waals surface area contributed by atoms with Crippen molar-refractivity contribution >= 4 is 34.2 Å². The lowest BCUT2D eigenvalue weighted by Gasteiger charge is -2.41. The topological polar surface area (TPSA) is 153 Å². The molecule has 1 aromatic heterocycles. The van der Waals surface area contributed by atoms with Crippen molar-refractivity contribution < 1.29 is 46.8 Å². The van der Waals surface area contributed by atoms with E-state index in [0.717, 1.165) is 47.2 Å². The lowest BCUT2D eigenvalue weighted by atomic mass is 9.83. The van der Waals surface area contributed by atoms with Crippen LogP contribution in [0.5, 0.6) is 11.5 Å². The van der Waals surface area contributed by atoms with Crippen molar-refractivity contribution in [3.8, 4) is 22.8 Å². The smallest absolute Gasteiger partial charge is 0.246 e. The number of nitrogens with zero attached hydrogens (tertiary/aromatic N) is 3. The maximum atomic E-state index is 14.9. The first-order valence-corrected chi connectivity index (χ1v) is 23.7. The van der Waals surface area contributed by atoms with Gasteiger partial charge in [-0.25, -0.2) is 9.37 Å². The minimum Gasteiger partial charge on any atom is -0.491 e. The zero-order valence-corrected chi connectivity index (χ0v) is 39.3. The summed E-state index contributed by atoms with van der Waals surface area (Å²) in [4.78, 5) is 50.5. The van der Waals surface area contributed by atoms with Gasteiger partial charge in [0.1, 0.15) is 31.0 Å². The Morgan fingerprint density at radius 3 is 2.39 bits per heavy atom. The Morgan fingerprint density at radius 1 is 0.924 bits per heavy atom. The summed E-state index contributed by atoms with van der Waals surface area (Å²) < 4.78 is 57.7. The number of ether oxygens (including phenoxy) is 5. The van der Waals surface area contributed by atoms with Gasteiger partial charge in [-0.3, -0.25) is 14.4 Å². The Morgan fingerprint density at radius 2 is 1.65 bits per heavy atom. The van der Waals surface area contributed by atoms with Gasteiger partial charge in [0.2, 0.25) is 23.5 Å². The number of halogens is 2. The summed E-state index contributed by atoms with van der Waals surface area (Å²) in [5.41, 5.74) is 4.32. The van der Waals surface area contributed by atoms with E-state index in [-0.39, 0.29) is 75.7 Å². The summed E-state index contributed by atoms with van der Waals surface area (Å²) in [7, 11) is 1.69. The molecule has 3 amide bonds. The maximum absolute atomic E-state index is 14.9. The fourth-order valence-electron chi connectivity index (χ4n) is 8.41. The minimum absolute atomic E-state index is 0.0141. The number of rotatable bonds is 19. The van der Waals surface area contributed by atoms with Crippen molar-refractivity contribution in [2.45, 2.75) is 84.1 Å². The summed E-state index contributed by atoms with van der Waals surface area (Å²) in [6, 6.07) is 14.0. The molecule has 0 spiro atoms. The summed E-state index contributed by atoms with van der Waals surface area (Å²) in [5, 5.41) is 11.8. The molecule has 3 heterocycles. The Labute approximate surface area is 389 Å². The molecule has 7 rings (SSSR count). The van der Waals surface area contributed by atoms with Crippen molar-refractivity contribution in [3.63, 3.8) is 0 Å². The number of carbonyl (C=O) groups excluding carboxylic acids is 3. The third kappa shape index (κ3) is 12.0. The Hall–Kier alpha value is -5.20. The molecule has 3 N–H and O–H groups in total. The summed E-state index contributed by atoms with van der Waals surface area (Å²) in [6.07, 6.45) is 3.02. The predicted molar refractivity (Wildman–Crippen MR) is 248 cm³/mol. The van der Waals surface area contributed by atoms with E-state index >= 15 is 0 Å². The molecule has 4 aromatic rings. The quantitative estimate of drug-likeness (QED) is 0.0950. The number of anilines is 1. The van der Waals surface area contributed by atoms with Crippen LogP contribution < -0.4 is 30.3 Å². The molecule has 2 aliphatic heterocycles. The molecule has 1 saturated heterocycles. The Bertz CT molecular complexity index is 2300. The van der Waals surface area contributed by atoms with Crippen LogP contribution in [0.2, 0.25) is 0 Å². The van der Waals surface area contributed by atoms with Crippen LogP contribution in [0.15, 0.2) is 60.0 Å². The lowest BCUT2D eigenvalue weighted by Crippen LogP contribution is -2.62. The number of morpholine rings is 1. The summed E-state index contributed by atoms with van der Waals surface area (Å²) >= 11 is 1.43. The molecule has 0 bridgehead atoms. The molecule has 17 heteroatoms. The van der Waals surface area contributed by atoms with E-state index in [1.54, 1.807) is 24.3 Å². The first kappa shape index (κ1) is 48.7. The van der Waals surface area contributed by atoms with Crippen LogP contribution in [0.1, 0.15) is 68.8 Å². The van der Waals surface area contributed by atoms with Gasteiger partial charge in [-0.05, 0) is 85.2 Å². The molecule has 3 aliphatic rings. The van der Waals surface area contributed by atoms with Crippen LogP contribution in [0.4, 0.5) is 13.9 Å². The van der Waals surface area contributed by atoms with Gasteiger partial charge in [0.25, 0.3) is 0 Å². The predicted octanol–water partition coefficient (Wildman–Crippen LogP) is 6.00. The normalized spacial score (nSPS) is 18.2. The van der Waals surface area contributed by atoms with Gasteiger partial charge >= 0.3 is 0 Å². The SMILES string of the molecule is CN[C@@H](C)C(=O)NC(C(=O)N1Cc2cc(OCCOCCOCCOc3c(-c4csc(N5CCOCC5)n4)ccc(F)c3F)ccc2C[C@H]1C(=O)N[C@@H]1CCCc2ccccc21)C(C)(C)C. The first-order valence-electron chi connectivity index (χ1n) is 22.8. The second-order valence-corrected chi connectivity index (χ2v) is 18.7. The van der Waals surface area contributed by atoms with Gasteiger partial charge < -0.3 is 49.4 Å². The highest BCUT2D eigenvalue weighted by atomic mass is 32.1. The van der Waals surface area contributed by atoms with Gasteiger partial charge in [-0.1, -0.05) is 51.1 Å². The molecule has 1 unspecified atom stereocenters. The average Bonchev–Trinajstić information content (AvgIpc) is 3.82. The number of benzene rings is 3. The zero-order valence-electron chi connectivity index (χ0n) is 38.5. The minimum atomic E-state index is -1.08. The van der Waals surface area contributed by atoms with Crippen molar-refractivity contribution in [2.24, 2.45) is 5.41 Å². The van der Waals surface area contributed by atoms with E-state index < -0.39 is 35.2 Å². The molecule has 14 nitrogen and oxygen atoms in total. The van der Waals surface area contributed by atoms with Crippen molar-refractivity contribution in [1.82, 2.24) is 25.8 Å². The molecule has 0 saturated carbocycles. The maximum Gasteiger partial charge on any atom is 0.246 e. The van der Waals surface area contributed by atoms with Gasteiger partial charge in [0.15, 0.2) is 16.7 Å². The fraction of sp³-hybridized carbons (Fsp3) is 0.510. The number of aryl methyl sites for hydroxylation is 1. The van der Waals surface area contributed by atoms with E-state index in [9.17, 15) is 23.2 Å². The van der Waals surface area contributed by atoms with E-state index in [1.807, 2.05) is 51.1 Å². The molecular weight excluding hydrogens is 871 g/mol. The molecule has 4 atom stereocenters. The number of carbonyl (C=O) groups is 3. The van der Waals surface area contributed by atoms with Gasteiger partial charge in [-0.15, -0.1) is 11.3 Å². The summed E-state index contributed by atoms with van der Waals surface area (Å²) in [6.45, 7) is 11.3. The number of aromatic nitrogens is 1. The van der Waals surface area contributed by atoms with Crippen LogP contribution in [0.3, 0.4) is 0 Å². The number of fused-ring (bicyclic) bond motifs is 2. The van der Waals surface area contributed by atoms with Gasteiger partial charge in [-0.2, -0.15) is 4.39 Å². The Kier molecular flexibility index (Phi) is 16.6. The van der Waals surface area contributed by atoms with E-state index in [4.69, 9.17) is 23.7 Å². The number of amides is 3. The van der Waals surface area contributed by atoms with Crippen LogP contribution in [0, 0.1) is 17.0 Å². The monoisotopic (exact) mass is 932 g/mol.